The molecule has 0 aromatic heterocycles. The number of sulfonamides is 1. The zero-order valence-corrected chi connectivity index (χ0v) is 14.0. The molecule has 132 valence electrons. The third-order valence-electron chi connectivity index (χ3n) is 3.65. The molecule has 0 spiro atoms. The van der Waals surface area contributed by atoms with Crippen molar-refractivity contribution in [3.63, 3.8) is 0 Å². The second kappa shape index (κ2) is 7.24. The van der Waals surface area contributed by atoms with E-state index in [9.17, 15) is 23.3 Å². The summed E-state index contributed by atoms with van der Waals surface area (Å²) in [7, 11) is -3.76. The Morgan fingerprint density at radius 1 is 1.29 bits per heavy atom. The van der Waals surface area contributed by atoms with Crippen LogP contribution < -0.4 is 10.0 Å². The van der Waals surface area contributed by atoms with Gasteiger partial charge in [-0.1, -0.05) is 0 Å². The number of hydrogen-bond donors (Lipinski definition) is 2. The van der Waals surface area contributed by atoms with Crippen LogP contribution in [0.25, 0.3) is 0 Å². The SMILES string of the molecule is CCOC(=O)C1(NCCNS(=O)(=O)c2ccc([N+](=O)[O-])cc2)CC1. The van der Waals surface area contributed by atoms with Crippen LogP contribution in [-0.4, -0.2) is 44.5 Å². The molecular weight excluding hydrogens is 338 g/mol. The van der Waals surface area contributed by atoms with Gasteiger partial charge in [0.25, 0.3) is 5.69 Å². The van der Waals surface area contributed by atoms with E-state index >= 15 is 0 Å². The predicted octanol–water partition coefficient (Wildman–Crippen LogP) is 0.558. The third kappa shape index (κ3) is 4.28. The summed E-state index contributed by atoms with van der Waals surface area (Å²) in [5.41, 5.74) is -0.866. The quantitative estimate of drug-likeness (QED) is 0.286. The van der Waals surface area contributed by atoms with E-state index in [2.05, 4.69) is 10.0 Å². The van der Waals surface area contributed by atoms with E-state index < -0.39 is 20.5 Å². The largest absolute Gasteiger partial charge is 0.465 e. The molecule has 0 atom stereocenters. The molecule has 0 radical (unpaired) electrons. The second-order valence-corrected chi connectivity index (χ2v) is 7.15. The normalized spacial score (nSPS) is 15.7. The summed E-state index contributed by atoms with van der Waals surface area (Å²) < 4.78 is 31.5. The van der Waals surface area contributed by atoms with Gasteiger partial charge in [0, 0.05) is 25.2 Å². The fourth-order valence-corrected chi connectivity index (χ4v) is 3.20. The Bertz CT molecular complexity index is 713. The van der Waals surface area contributed by atoms with Gasteiger partial charge in [0.1, 0.15) is 5.54 Å². The molecule has 1 aliphatic rings. The molecule has 9 nitrogen and oxygen atoms in total. The van der Waals surface area contributed by atoms with Gasteiger partial charge in [0.2, 0.25) is 10.0 Å². The number of carbonyl (C=O) groups is 1. The van der Waals surface area contributed by atoms with Crippen LogP contribution in [0.5, 0.6) is 0 Å². The first-order chi connectivity index (χ1) is 11.3. The van der Waals surface area contributed by atoms with E-state index in [1.54, 1.807) is 6.92 Å². The van der Waals surface area contributed by atoms with Crippen molar-refractivity contribution in [3.05, 3.63) is 34.4 Å². The molecule has 2 rings (SSSR count). The van der Waals surface area contributed by atoms with Crippen molar-refractivity contribution >= 4 is 21.7 Å². The first kappa shape index (κ1) is 18.3. The molecule has 1 aromatic rings. The molecule has 1 aromatic carbocycles. The van der Waals surface area contributed by atoms with E-state index in [1.165, 1.54) is 12.1 Å². The minimum atomic E-state index is -3.76. The first-order valence-corrected chi connectivity index (χ1v) is 8.95. The van der Waals surface area contributed by atoms with Crippen LogP contribution in [0, 0.1) is 10.1 Å². The van der Waals surface area contributed by atoms with Gasteiger partial charge in [-0.2, -0.15) is 0 Å². The predicted molar refractivity (Wildman–Crippen MR) is 84.9 cm³/mol. The van der Waals surface area contributed by atoms with Gasteiger partial charge in [0.05, 0.1) is 16.4 Å². The van der Waals surface area contributed by atoms with Crippen LogP contribution in [0.4, 0.5) is 5.69 Å². The van der Waals surface area contributed by atoms with Crippen LogP contribution in [0.3, 0.4) is 0 Å². The molecular formula is C14H19N3O6S. The Balaban J connectivity index is 1.85. The van der Waals surface area contributed by atoms with Crippen LogP contribution in [0.1, 0.15) is 19.8 Å². The van der Waals surface area contributed by atoms with Crippen molar-refractivity contribution in [3.8, 4) is 0 Å². The Labute approximate surface area is 139 Å². The van der Waals surface area contributed by atoms with Crippen LogP contribution in [0.15, 0.2) is 29.2 Å². The number of nitrogens with one attached hydrogen (secondary N) is 2. The zero-order chi connectivity index (χ0) is 17.8. The van der Waals surface area contributed by atoms with E-state index in [1.807, 2.05) is 0 Å². The van der Waals surface area contributed by atoms with Crippen molar-refractivity contribution in [2.24, 2.45) is 0 Å². The molecule has 0 aliphatic heterocycles. The number of nitro groups is 1. The van der Waals surface area contributed by atoms with Crippen LogP contribution in [0.2, 0.25) is 0 Å². The van der Waals surface area contributed by atoms with Gasteiger partial charge in [0.15, 0.2) is 0 Å². The topological polar surface area (TPSA) is 128 Å². The van der Waals surface area contributed by atoms with Gasteiger partial charge < -0.3 is 10.1 Å². The monoisotopic (exact) mass is 357 g/mol. The summed E-state index contributed by atoms with van der Waals surface area (Å²) in [6, 6.07) is 4.61. The van der Waals surface area contributed by atoms with Gasteiger partial charge in [-0.05, 0) is 31.9 Å². The van der Waals surface area contributed by atoms with Crippen molar-refractivity contribution < 1.29 is 22.9 Å². The van der Waals surface area contributed by atoms with Gasteiger partial charge >= 0.3 is 5.97 Å². The molecule has 24 heavy (non-hydrogen) atoms. The maximum Gasteiger partial charge on any atom is 0.326 e. The second-order valence-electron chi connectivity index (χ2n) is 5.38. The molecule has 0 bridgehead atoms. The molecule has 0 amide bonds. The summed E-state index contributed by atoms with van der Waals surface area (Å²) in [4.78, 5) is 21.7. The summed E-state index contributed by atoms with van der Waals surface area (Å²) in [5.74, 6) is -0.316. The van der Waals surface area contributed by atoms with Crippen molar-refractivity contribution in [2.75, 3.05) is 19.7 Å². The molecule has 0 unspecified atom stereocenters. The fourth-order valence-electron chi connectivity index (χ4n) is 2.16. The highest BCUT2D eigenvalue weighted by molar-refractivity contribution is 7.89. The van der Waals surface area contributed by atoms with E-state index in [0.29, 0.717) is 19.4 Å². The number of esters is 1. The van der Waals surface area contributed by atoms with Crippen LogP contribution >= 0.6 is 0 Å². The maximum atomic E-state index is 12.1. The fraction of sp³-hybridized carbons (Fsp3) is 0.500. The number of non-ortho nitro benzene ring substituents is 1. The Morgan fingerprint density at radius 3 is 2.42 bits per heavy atom. The van der Waals surface area contributed by atoms with E-state index in [-0.39, 0.29) is 29.6 Å². The Morgan fingerprint density at radius 2 is 1.92 bits per heavy atom. The number of hydrogen-bond acceptors (Lipinski definition) is 7. The lowest BCUT2D eigenvalue weighted by Gasteiger charge is -2.15. The molecule has 10 heteroatoms. The number of ether oxygens (including phenoxy) is 1. The van der Waals surface area contributed by atoms with Gasteiger partial charge in [-0.3, -0.25) is 14.9 Å². The minimum absolute atomic E-state index is 0.0559. The maximum absolute atomic E-state index is 12.1. The lowest BCUT2D eigenvalue weighted by molar-refractivity contribution is -0.384. The summed E-state index contributed by atoms with van der Waals surface area (Å²) in [5, 5.41) is 13.6. The van der Waals surface area contributed by atoms with E-state index in [0.717, 1.165) is 12.1 Å². The zero-order valence-electron chi connectivity index (χ0n) is 13.1. The minimum Gasteiger partial charge on any atom is -0.465 e. The van der Waals surface area contributed by atoms with E-state index in [4.69, 9.17) is 4.74 Å². The lowest BCUT2D eigenvalue weighted by atomic mass is 10.3. The molecule has 1 saturated carbocycles. The number of nitrogens with zero attached hydrogens (tertiary/aromatic N) is 1. The van der Waals surface area contributed by atoms with Crippen molar-refractivity contribution in [1.82, 2.24) is 10.0 Å². The summed E-state index contributed by atoms with van der Waals surface area (Å²) in [6.45, 7) is 2.38. The standard InChI is InChI=1S/C14H19N3O6S/c1-2-23-13(18)14(7-8-14)15-9-10-16-24(21,22)12-5-3-11(4-6-12)17(19)20/h3-6,15-16H,2,7-10H2,1H3. The Hall–Kier alpha value is -2.04. The highest BCUT2D eigenvalue weighted by atomic mass is 32.2. The van der Waals surface area contributed by atoms with Crippen molar-refractivity contribution in [2.45, 2.75) is 30.2 Å². The van der Waals surface area contributed by atoms with Gasteiger partial charge in [-0.25, -0.2) is 13.1 Å². The van der Waals surface area contributed by atoms with Crippen molar-refractivity contribution in [1.29, 1.82) is 0 Å². The average molecular weight is 357 g/mol. The smallest absolute Gasteiger partial charge is 0.326 e. The first-order valence-electron chi connectivity index (χ1n) is 7.47. The summed E-state index contributed by atoms with van der Waals surface area (Å²) >= 11 is 0. The average Bonchev–Trinajstić information content (AvgIpc) is 3.33. The molecule has 1 aliphatic carbocycles. The molecule has 1 fully saturated rings. The third-order valence-corrected chi connectivity index (χ3v) is 5.13. The number of nitro benzene ring substituents is 1. The Kier molecular flexibility index (Phi) is 5.52. The summed E-state index contributed by atoms with van der Waals surface area (Å²) in [6.07, 6.45) is 1.34. The molecule has 0 heterocycles. The van der Waals surface area contributed by atoms with Crippen LogP contribution in [-0.2, 0) is 19.6 Å². The molecule has 2 N–H and O–H groups in total. The lowest BCUT2D eigenvalue weighted by Crippen LogP contribution is -2.44. The molecule has 0 saturated heterocycles. The van der Waals surface area contributed by atoms with Gasteiger partial charge in [-0.15, -0.1) is 0 Å². The number of rotatable bonds is 9. The highest BCUT2D eigenvalue weighted by Gasteiger charge is 2.50. The number of carbonyl (C=O) groups excluding carboxylic acids is 1. The number of benzene rings is 1. The highest BCUT2D eigenvalue weighted by Crippen LogP contribution is 2.36.